The van der Waals surface area contributed by atoms with Gasteiger partial charge >= 0.3 is 5.82 Å². The SMILES string of the molecule is Cc1nc(CNc2c([N+](=O)[O-])ncn2C)no1. The van der Waals surface area contributed by atoms with Crippen LogP contribution in [0.1, 0.15) is 11.7 Å². The molecule has 1 N–H and O–H groups in total. The van der Waals surface area contributed by atoms with Crippen LogP contribution in [0.5, 0.6) is 0 Å². The quantitative estimate of drug-likeness (QED) is 0.614. The molecule has 0 spiro atoms. The molecule has 0 amide bonds. The molecule has 2 heterocycles. The van der Waals surface area contributed by atoms with Crippen LogP contribution in [0.25, 0.3) is 0 Å². The third-order valence-electron chi connectivity index (χ3n) is 2.07. The van der Waals surface area contributed by atoms with Crippen LogP contribution in [0.3, 0.4) is 0 Å². The van der Waals surface area contributed by atoms with Crippen molar-refractivity contribution in [2.45, 2.75) is 13.5 Å². The summed E-state index contributed by atoms with van der Waals surface area (Å²) in [7, 11) is 1.66. The van der Waals surface area contributed by atoms with E-state index in [1.165, 1.54) is 10.9 Å². The van der Waals surface area contributed by atoms with Crippen LogP contribution < -0.4 is 5.32 Å². The second kappa shape index (κ2) is 4.20. The van der Waals surface area contributed by atoms with Gasteiger partial charge in [0.05, 0.1) is 6.54 Å². The molecule has 90 valence electrons. The number of imidazole rings is 1. The van der Waals surface area contributed by atoms with E-state index in [9.17, 15) is 10.1 Å². The lowest BCUT2D eigenvalue weighted by atomic mass is 10.5. The van der Waals surface area contributed by atoms with E-state index < -0.39 is 4.92 Å². The van der Waals surface area contributed by atoms with Crippen LogP contribution >= 0.6 is 0 Å². The molecule has 0 atom stereocenters. The van der Waals surface area contributed by atoms with Crippen LogP contribution in [0.4, 0.5) is 11.6 Å². The number of hydrogen-bond acceptors (Lipinski definition) is 7. The molecule has 0 saturated heterocycles. The highest BCUT2D eigenvalue weighted by Gasteiger charge is 2.20. The predicted molar refractivity (Wildman–Crippen MR) is 56.2 cm³/mol. The summed E-state index contributed by atoms with van der Waals surface area (Å²) in [5, 5.41) is 17.2. The summed E-state index contributed by atoms with van der Waals surface area (Å²) >= 11 is 0. The summed E-state index contributed by atoms with van der Waals surface area (Å²) in [6, 6.07) is 0. The van der Waals surface area contributed by atoms with Crippen LogP contribution in [0, 0.1) is 17.0 Å². The van der Waals surface area contributed by atoms with Gasteiger partial charge in [0.2, 0.25) is 18.0 Å². The van der Waals surface area contributed by atoms with Gasteiger partial charge in [0.1, 0.15) is 0 Å². The van der Waals surface area contributed by atoms with Crippen LogP contribution in [0.2, 0.25) is 0 Å². The number of nitrogens with one attached hydrogen (secondary N) is 1. The Morgan fingerprint density at radius 1 is 1.65 bits per heavy atom. The maximum absolute atomic E-state index is 10.7. The van der Waals surface area contributed by atoms with E-state index in [-0.39, 0.29) is 12.4 Å². The second-order valence-electron chi connectivity index (χ2n) is 3.37. The highest BCUT2D eigenvalue weighted by Crippen LogP contribution is 2.21. The predicted octanol–water partition coefficient (Wildman–Crippen LogP) is 0.632. The van der Waals surface area contributed by atoms with E-state index in [4.69, 9.17) is 4.52 Å². The Balaban J connectivity index is 2.13. The van der Waals surface area contributed by atoms with E-state index in [1.807, 2.05) is 0 Å². The Morgan fingerprint density at radius 2 is 2.41 bits per heavy atom. The van der Waals surface area contributed by atoms with E-state index in [0.29, 0.717) is 17.5 Å². The Kier molecular flexibility index (Phi) is 2.73. The molecular weight excluding hydrogens is 228 g/mol. The molecule has 0 aromatic carbocycles. The number of nitrogens with zero attached hydrogens (tertiary/aromatic N) is 5. The number of aromatic nitrogens is 4. The van der Waals surface area contributed by atoms with Gasteiger partial charge in [0, 0.05) is 14.0 Å². The van der Waals surface area contributed by atoms with Gasteiger partial charge in [-0.2, -0.15) is 4.98 Å². The second-order valence-corrected chi connectivity index (χ2v) is 3.37. The van der Waals surface area contributed by atoms with Crippen molar-refractivity contribution in [3.8, 4) is 0 Å². The molecule has 0 aliphatic heterocycles. The number of nitro groups is 1. The highest BCUT2D eigenvalue weighted by atomic mass is 16.6. The van der Waals surface area contributed by atoms with Crippen molar-refractivity contribution in [1.82, 2.24) is 19.7 Å². The molecule has 2 aromatic rings. The van der Waals surface area contributed by atoms with E-state index >= 15 is 0 Å². The van der Waals surface area contributed by atoms with Gasteiger partial charge in [-0.3, -0.25) is 4.57 Å². The summed E-state index contributed by atoms with van der Waals surface area (Å²) in [6.07, 6.45) is 1.36. The molecule has 0 aliphatic carbocycles. The third-order valence-corrected chi connectivity index (χ3v) is 2.07. The topological polar surface area (TPSA) is 112 Å². The molecule has 2 rings (SSSR count). The summed E-state index contributed by atoms with van der Waals surface area (Å²) in [5.41, 5.74) is 0. The first-order valence-corrected chi connectivity index (χ1v) is 4.76. The number of anilines is 1. The Labute approximate surface area is 95.6 Å². The Hall–Kier alpha value is -2.45. The fraction of sp³-hybridized carbons (Fsp3) is 0.375. The van der Waals surface area contributed by atoms with Crippen molar-refractivity contribution < 1.29 is 9.45 Å². The van der Waals surface area contributed by atoms with Crippen LogP contribution in [-0.2, 0) is 13.6 Å². The van der Waals surface area contributed by atoms with Crippen molar-refractivity contribution in [3.63, 3.8) is 0 Å². The van der Waals surface area contributed by atoms with Gasteiger partial charge in [-0.1, -0.05) is 5.16 Å². The van der Waals surface area contributed by atoms with Gasteiger partial charge in [0.15, 0.2) is 5.82 Å². The number of aryl methyl sites for hydroxylation is 2. The maximum Gasteiger partial charge on any atom is 0.406 e. The van der Waals surface area contributed by atoms with Gasteiger partial charge < -0.3 is 20.0 Å². The summed E-state index contributed by atoms with van der Waals surface area (Å²) in [5.74, 6) is 0.949. The largest absolute Gasteiger partial charge is 0.406 e. The van der Waals surface area contributed by atoms with Crippen molar-refractivity contribution in [2.24, 2.45) is 7.05 Å². The monoisotopic (exact) mass is 238 g/mol. The zero-order valence-corrected chi connectivity index (χ0v) is 9.25. The van der Waals surface area contributed by atoms with Crippen molar-refractivity contribution in [3.05, 3.63) is 28.2 Å². The normalized spacial score (nSPS) is 10.5. The standard InChI is InChI=1S/C8H10N6O3/c1-5-11-6(12-17-5)3-9-7-8(14(15)16)10-4-13(7)2/h4,9H,3H2,1-2H3. The zero-order valence-electron chi connectivity index (χ0n) is 9.25. The Morgan fingerprint density at radius 3 is 3.00 bits per heavy atom. The lowest BCUT2D eigenvalue weighted by molar-refractivity contribution is -0.388. The molecular formula is C8H10N6O3. The lowest BCUT2D eigenvalue weighted by Crippen LogP contribution is -2.06. The maximum atomic E-state index is 10.7. The molecule has 0 fully saturated rings. The van der Waals surface area contributed by atoms with Crippen LogP contribution in [-0.4, -0.2) is 24.6 Å². The average molecular weight is 238 g/mol. The molecule has 9 heteroatoms. The number of hydrogen-bond donors (Lipinski definition) is 1. The molecule has 0 aliphatic rings. The van der Waals surface area contributed by atoms with Gasteiger partial charge in [-0.05, 0) is 9.91 Å². The van der Waals surface area contributed by atoms with Crippen molar-refractivity contribution >= 4 is 11.6 Å². The van der Waals surface area contributed by atoms with Crippen molar-refractivity contribution in [2.75, 3.05) is 5.32 Å². The number of rotatable bonds is 4. The van der Waals surface area contributed by atoms with Crippen molar-refractivity contribution in [1.29, 1.82) is 0 Å². The zero-order chi connectivity index (χ0) is 12.4. The smallest absolute Gasteiger partial charge is 0.358 e. The van der Waals surface area contributed by atoms with Crippen LogP contribution in [0.15, 0.2) is 10.9 Å². The molecule has 0 saturated carbocycles. The average Bonchev–Trinajstić information content (AvgIpc) is 2.82. The minimum Gasteiger partial charge on any atom is -0.358 e. The summed E-state index contributed by atoms with van der Waals surface area (Å²) in [4.78, 5) is 17.8. The van der Waals surface area contributed by atoms with E-state index in [1.54, 1.807) is 14.0 Å². The summed E-state index contributed by atoms with van der Waals surface area (Å²) < 4.78 is 6.30. The summed E-state index contributed by atoms with van der Waals surface area (Å²) in [6.45, 7) is 1.90. The first-order chi connectivity index (χ1) is 8.08. The first kappa shape index (κ1) is 11.0. The first-order valence-electron chi connectivity index (χ1n) is 4.76. The van der Waals surface area contributed by atoms with Gasteiger partial charge in [-0.15, -0.1) is 0 Å². The van der Waals surface area contributed by atoms with Gasteiger partial charge in [-0.25, -0.2) is 0 Å². The fourth-order valence-corrected chi connectivity index (χ4v) is 1.33. The fourth-order valence-electron chi connectivity index (χ4n) is 1.33. The van der Waals surface area contributed by atoms with Gasteiger partial charge in [0.25, 0.3) is 0 Å². The van der Waals surface area contributed by atoms with E-state index in [2.05, 4.69) is 20.4 Å². The minimum atomic E-state index is -0.552. The minimum absolute atomic E-state index is 0.229. The highest BCUT2D eigenvalue weighted by molar-refractivity contribution is 5.51. The Bertz CT molecular complexity index is 545. The molecule has 0 unspecified atom stereocenters. The third kappa shape index (κ3) is 2.22. The molecule has 0 radical (unpaired) electrons. The molecule has 0 bridgehead atoms. The lowest BCUT2D eigenvalue weighted by Gasteiger charge is -2.02. The van der Waals surface area contributed by atoms with E-state index in [0.717, 1.165) is 0 Å². The molecule has 2 aromatic heterocycles. The molecule has 9 nitrogen and oxygen atoms in total. The molecule has 17 heavy (non-hydrogen) atoms.